The van der Waals surface area contributed by atoms with Crippen molar-refractivity contribution in [2.24, 2.45) is 5.92 Å². The number of fused-ring (bicyclic) bond motifs is 1. The van der Waals surface area contributed by atoms with E-state index in [0.29, 0.717) is 28.3 Å². The topological polar surface area (TPSA) is 129 Å². The number of nitrogens with one attached hydrogen (secondary N) is 2. The van der Waals surface area contributed by atoms with Gasteiger partial charge in [-0.15, -0.1) is 0 Å². The molecule has 0 radical (unpaired) electrons. The fraction of sp³-hybridized carbons (Fsp3) is 0.458. The van der Waals surface area contributed by atoms with Crippen LogP contribution in [0.3, 0.4) is 0 Å². The summed E-state index contributed by atoms with van der Waals surface area (Å²) >= 11 is 0. The lowest BCUT2D eigenvalue weighted by Gasteiger charge is -2.25. The molecule has 3 N–H and O–H groups in total. The SMILES string of the molecule is CC(C)Nc1cc(-n2ncc3cc(C#N)cnc32)ncc1C(=O)N[C@H]1CC[C@H](C(C)(C)O)C1. The number of nitrogens with zero attached hydrogens (tertiary/aromatic N) is 5. The zero-order chi connectivity index (χ0) is 23.8. The first-order valence-corrected chi connectivity index (χ1v) is 11.2. The van der Waals surface area contributed by atoms with Crippen molar-refractivity contribution in [1.82, 2.24) is 25.1 Å². The molecule has 0 saturated heterocycles. The monoisotopic (exact) mass is 447 g/mol. The third-order valence-electron chi connectivity index (χ3n) is 6.10. The lowest BCUT2D eigenvalue weighted by atomic mass is 9.89. The van der Waals surface area contributed by atoms with Gasteiger partial charge in [-0.2, -0.15) is 15.0 Å². The van der Waals surface area contributed by atoms with Gasteiger partial charge in [-0.3, -0.25) is 4.79 Å². The third-order valence-corrected chi connectivity index (χ3v) is 6.10. The molecule has 0 aliphatic heterocycles. The smallest absolute Gasteiger partial charge is 0.255 e. The summed E-state index contributed by atoms with van der Waals surface area (Å²) in [4.78, 5) is 22.0. The van der Waals surface area contributed by atoms with Gasteiger partial charge in [-0.25, -0.2) is 9.97 Å². The van der Waals surface area contributed by atoms with Crippen LogP contribution in [0, 0.1) is 17.2 Å². The van der Waals surface area contributed by atoms with Gasteiger partial charge in [0.15, 0.2) is 11.5 Å². The van der Waals surface area contributed by atoms with Gasteiger partial charge in [-0.05, 0) is 58.9 Å². The van der Waals surface area contributed by atoms with E-state index in [9.17, 15) is 9.90 Å². The molecule has 4 rings (SSSR count). The summed E-state index contributed by atoms with van der Waals surface area (Å²) in [5.74, 6) is 0.490. The number of carbonyl (C=O) groups excluding carboxylic acids is 1. The lowest BCUT2D eigenvalue weighted by molar-refractivity contribution is 0.0190. The van der Waals surface area contributed by atoms with Crippen LogP contribution in [0.5, 0.6) is 0 Å². The highest BCUT2D eigenvalue weighted by molar-refractivity contribution is 5.99. The maximum absolute atomic E-state index is 13.1. The first kappa shape index (κ1) is 22.7. The van der Waals surface area contributed by atoms with Crippen LogP contribution < -0.4 is 10.6 Å². The van der Waals surface area contributed by atoms with Crippen LogP contribution in [0.15, 0.2) is 30.7 Å². The van der Waals surface area contributed by atoms with Gasteiger partial charge in [0.25, 0.3) is 5.91 Å². The van der Waals surface area contributed by atoms with Crippen molar-refractivity contribution in [3.8, 4) is 11.9 Å². The summed E-state index contributed by atoms with van der Waals surface area (Å²) in [5, 5.41) is 30.9. The Morgan fingerprint density at radius 1 is 1.24 bits per heavy atom. The molecule has 1 aliphatic rings. The molecule has 1 amide bonds. The first-order chi connectivity index (χ1) is 15.7. The highest BCUT2D eigenvalue weighted by Gasteiger charge is 2.35. The molecule has 33 heavy (non-hydrogen) atoms. The van der Waals surface area contributed by atoms with Gasteiger partial charge >= 0.3 is 0 Å². The van der Waals surface area contributed by atoms with E-state index in [1.807, 2.05) is 27.7 Å². The van der Waals surface area contributed by atoms with Gasteiger partial charge in [0, 0.05) is 35.9 Å². The fourth-order valence-electron chi connectivity index (χ4n) is 4.34. The molecule has 9 nitrogen and oxygen atoms in total. The molecule has 1 aliphatic carbocycles. The van der Waals surface area contributed by atoms with E-state index < -0.39 is 5.60 Å². The molecule has 3 heterocycles. The average molecular weight is 448 g/mol. The second-order valence-electron chi connectivity index (χ2n) is 9.53. The minimum atomic E-state index is -0.748. The number of aliphatic hydroxyl groups is 1. The second kappa shape index (κ2) is 8.79. The van der Waals surface area contributed by atoms with Crippen molar-refractivity contribution in [2.75, 3.05) is 5.32 Å². The number of amides is 1. The van der Waals surface area contributed by atoms with Gasteiger partial charge in [0.05, 0.1) is 28.6 Å². The molecule has 3 aromatic rings. The van der Waals surface area contributed by atoms with Gasteiger partial charge in [0.1, 0.15) is 6.07 Å². The molecule has 0 bridgehead atoms. The molecule has 9 heteroatoms. The number of hydrogen-bond donors (Lipinski definition) is 3. The maximum Gasteiger partial charge on any atom is 0.255 e. The quantitative estimate of drug-likeness (QED) is 0.529. The number of hydrogen-bond acceptors (Lipinski definition) is 7. The minimum Gasteiger partial charge on any atom is -0.390 e. The highest BCUT2D eigenvalue weighted by Crippen LogP contribution is 2.34. The molecule has 1 saturated carbocycles. The fourth-order valence-corrected chi connectivity index (χ4v) is 4.34. The van der Waals surface area contributed by atoms with Crippen LogP contribution in [-0.2, 0) is 0 Å². The number of nitriles is 1. The predicted molar refractivity (Wildman–Crippen MR) is 125 cm³/mol. The molecule has 3 aromatic heterocycles. The third kappa shape index (κ3) is 4.81. The van der Waals surface area contributed by atoms with Gasteiger partial charge in [0.2, 0.25) is 0 Å². The van der Waals surface area contributed by atoms with Crippen molar-refractivity contribution in [1.29, 1.82) is 5.26 Å². The lowest BCUT2D eigenvalue weighted by Crippen LogP contribution is -2.36. The number of rotatable bonds is 6. The molecule has 1 fully saturated rings. The van der Waals surface area contributed by atoms with Crippen molar-refractivity contribution < 1.29 is 9.90 Å². The first-order valence-electron chi connectivity index (χ1n) is 11.2. The summed E-state index contributed by atoms with van der Waals surface area (Å²) in [6.45, 7) is 7.65. The molecular weight excluding hydrogens is 418 g/mol. The van der Waals surface area contributed by atoms with Gasteiger partial charge < -0.3 is 15.7 Å². The van der Waals surface area contributed by atoms with E-state index in [0.717, 1.165) is 24.6 Å². The van der Waals surface area contributed by atoms with Crippen LogP contribution >= 0.6 is 0 Å². The Morgan fingerprint density at radius 2 is 2.03 bits per heavy atom. The zero-order valence-corrected chi connectivity index (χ0v) is 19.3. The molecule has 0 unspecified atom stereocenters. The van der Waals surface area contributed by atoms with E-state index in [1.165, 1.54) is 6.20 Å². The van der Waals surface area contributed by atoms with Crippen LogP contribution in [0.25, 0.3) is 16.9 Å². The second-order valence-corrected chi connectivity index (χ2v) is 9.53. The Balaban J connectivity index is 1.61. The Bertz CT molecular complexity index is 1220. The largest absolute Gasteiger partial charge is 0.390 e. The minimum absolute atomic E-state index is 0.0223. The highest BCUT2D eigenvalue weighted by atomic mass is 16.3. The van der Waals surface area contributed by atoms with Crippen molar-refractivity contribution >= 4 is 22.6 Å². The maximum atomic E-state index is 13.1. The van der Waals surface area contributed by atoms with Crippen molar-refractivity contribution in [3.05, 3.63) is 41.9 Å². The van der Waals surface area contributed by atoms with Crippen LogP contribution in [-0.4, -0.2) is 48.4 Å². The summed E-state index contributed by atoms with van der Waals surface area (Å²) < 4.78 is 1.59. The molecule has 2 atom stereocenters. The Hall–Kier alpha value is -3.51. The summed E-state index contributed by atoms with van der Waals surface area (Å²) in [7, 11) is 0. The van der Waals surface area contributed by atoms with E-state index in [-0.39, 0.29) is 23.9 Å². The van der Waals surface area contributed by atoms with E-state index in [2.05, 4.69) is 31.8 Å². The molecule has 0 aromatic carbocycles. The molecule has 172 valence electrons. The number of anilines is 1. The van der Waals surface area contributed by atoms with Crippen LogP contribution in [0.2, 0.25) is 0 Å². The van der Waals surface area contributed by atoms with Gasteiger partial charge in [-0.1, -0.05) is 0 Å². The Morgan fingerprint density at radius 3 is 2.70 bits per heavy atom. The van der Waals surface area contributed by atoms with E-state index >= 15 is 0 Å². The predicted octanol–water partition coefficient (Wildman–Crippen LogP) is 3.18. The summed E-state index contributed by atoms with van der Waals surface area (Å²) in [6, 6.07) is 5.71. The van der Waals surface area contributed by atoms with Crippen LogP contribution in [0.4, 0.5) is 5.69 Å². The summed E-state index contributed by atoms with van der Waals surface area (Å²) in [5.41, 5.74) is 1.40. The molecule has 0 spiro atoms. The van der Waals surface area contributed by atoms with Crippen molar-refractivity contribution in [3.63, 3.8) is 0 Å². The Kier molecular flexibility index (Phi) is 6.04. The average Bonchev–Trinajstić information content (AvgIpc) is 3.39. The number of aromatic nitrogens is 4. The van der Waals surface area contributed by atoms with E-state index in [4.69, 9.17) is 5.26 Å². The van der Waals surface area contributed by atoms with Crippen LogP contribution in [0.1, 0.15) is 62.9 Å². The standard InChI is InChI=1S/C24H29N7O2/c1-14(2)29-20-9-21(31-22-16(12-28-31)7-15(10-25)11-27-22)26-13-19(20)23(32)30-18-6-5-17(8-18)24(3,4)33/h7,9,11-14,17-18,33H,5-6,8H2,1-4H3,(H,26,29)(H,30,32)/t17-,18-/m0/s1. The molecular formula is C24H29N7O2. The van der Waals surface area contributed by atoms with Crippen molar-refractivity contribution in [2.45, 2.75) is 64.6 Å². The summed E-state index contributed by atoms with van der Waals surface area (Å²) in [6.07, 6.45) is 7.17. The number of carbonyl (C=O) groups is 1. The van der Waals surface area contributed by atoms with E-state index in [1.54, 1.807) is 29.2 Å². The normalized spacial score (nSPS) is 18.5. The number of pyridine rings is 2. The Labute approximate surface area is 192 Å². The zero-order valence-electron chi connectivity index (χ0n) is 19.3.